The lowest BCUT2D eigenvalue weighted by Crippen LogP contribution is -2.39. The summed E-state index contributed by atoms with van der Waals surface area (Å²) in [6.07, 6.45) is 7.28. The largest absolute Gasteiger partial charge is 0.376 e. The van der Waals surface area contributed by atoms with Crippen LogP contribution >= 0.6 is 0 Å². The van der Waals surface area contributed by atoms with Gasteiger partial charge in [0.2, 0.25) is 0 Å². The van der Waals surface area contributed by atoms with E-state index >= 15 is 0 Å². The summed E-state index contributed by atoms with van der Waals surface area (Å²) in [6.45, 7) is 0.820. The topological polar surface area (TPSA) is 60.2 Å². The zero-order valence-electron chi connectivity index (χ0n) is 10.9. The number of nitrogens with one attached hydrogen (secondary N) is 1. The number of ether oxygens (including phenoxy) is 1. The predicted octanol–water partition coefficient (Wildman–Crippen LogP) is 2.31. The van der Waals surface area contributed by atoms with Crippen molar-refractivity contribution in [2.45, 2.75) is 31.4 Å². The van der Waals surface area contributed by atoms with Crippen molar-refractivity contribution in [2.24, 2.45) is 5.84 Å². The molecule has 100 valence electrons. The summed E-state index contributed by atoms with van der Waals surface area (Å²) in [5, 5.41) is 2.32. The fourth-order valence-corrected chi connectivity index (χ4v) is 2.81. The second kappa shape index (κ2) is 5.65. The maximum Gasteiger partial charge on any atom is 0.0783 e. The highest BCUT2D eigenvalue weighted by molar-refractivity contribution is 5.85. The minimum Gasteiger partial charge on any atom is -0.376 e. The van der Waals surface area contributed by atoms with Crippen molar-refractivity contribution < 1.29 is 4.74 Å². The standard InChI is InChI=1S/C15H19N3O/c16-18-15(14-7-3-4-8-19-14)13-10-17-9-11-5-1-2-6-12(11)13/h1-2,5-6,9-10,14-15,18H,3-4,7-8,16H2. The van der Waals surface area contributed by atoms with Gasteiger partial charge in [-0.15, -0.1) is 0 Å². The number of benzene rings is 1. The summed E-state index contributed by atoms with van der Waals surface area (Å²) < 4.78 is 5.86. The molecule has 0 radical (unpaired) electrons. The predicted molar refractivity (Wildman–Crippen MR) is 75.4 cm³/mol. The van der Waals surface area contributed by atoms with Gasteiger partial charge in [0.1, 0.15) is 0 Å². The third-order valence-electron chi connectivity index (χ3n) is 3.80. The molecule has 4 heteroatoms. The Morgan fingerprint density at radius 3 is 2.95 bits per heavy atom. The van der Waals surface area contributed by atoms with E-state index in [1.165, 1.54) is 11.8 Å². The van der Waals surface area contributed by atoms with Crippen LogP contribution in [0.1, 0.15) is 30.9 Å². The quantitative estimate of drug-likeness (QED) is 0.654. The zero-order chi connectivity index (χ0) is 13.1. The van der Waals surface area contributed by atoms with Crippen molar-refractivity contribution in [3.8, 4) is 0 Å². The normalized spacial score (nSPS) is 21.4. The Hall–Kier alpha value is -1.49. The molecule has 1 aromatic carbocycles. The summed E-state index contributed by atoms with van der Waals surface area (Å²) in [5.41, 5.74) is 4.03. The summed E-state index contributed by atoms with van der Waals surface area (Å²) in [7, 11) is 0. The second-order valence-electron chi connectivity index (χ2n) is 5.00. The molecule has 1 saturated heterocycles. The van der Waals surface area contributed by atoms with Crippen LogP contribution in [-0.4, -0.2) is 17.7 Å². The van der Waals surface area contributed by atoms with Crippen molar-refractivity contribution in [1.29, 1.82) is 0 Å². The average molecular weight is 257 g/mol. The van der Waals surface area contributed by atoms with E-state index in [0.29, 0.717) is 0 Å². The van der Waals surface area contributed by atoms with Crippen molar-refractivity contribution in [2.75, 3.05) is 6.61 Å². The average Bonchev–Trinajstić information content (AvgIpc) is 2.49. The van der Waals surface area contributed by atoms with Crippen LogP contribution in [0.2, 0.25) is 0 Å². The van der Waals surface area contributed by atoms with Gasteiger partial charge in [0, 0.05) is 24.4 Å². The molecule has 1 fully saturated rings. The summed E-state index contributed by atoms with van der Waals surface area (Å²) >= 11 is 0. The van der Waals surface area contributed by atoms with Crippen LogP contribution in [-0.2, 0) is 4.74 Å². The van der Waals surface area contributed by atoms with Crippen LogP contribution in [0, 0.1) is 0 Å². The first-order valence-electron chi connectivity index (χ1n) is 6.80. The molecule has 2 unspecified atom stereocenters. The van der Waals surface area contributed by atoms with Gasteiger partial charge in [-0.05, 0) is 30.2 Å². The van der Waals surface area contributed by atoms with Gasteiger partial charge in [0.05, 0.1) is 12.1 Å². The molecule has 3 rings (SSSR count). The number of hydrazine groups is 1. The molecule has 0 saturated carbocycles. The summed E-state index contributed by atoms with van der Waals surface area (Å²) in [4.78, 5) is 4.33. The van der Waals surface area contributed by atoms with Gasteiger partial charge in [0.15, 0.2) is 0 Å². The van der Waals surface area contributed by atoms with Crippen LogP contribution in [0.4, 0.5) is 0 Å². The van der Waals surface area contributed by atoms with E-state index < -0.39 is 0 Å². The molecule has 1 aliphatic rings. The molecule has 0 amide bonds. The smallest absolute Gasteiger partial charge is 0.0783 e. The first-order chi connectivity index (χ1) is 9.40. The highest BCUT2D eigenvalue weighted by atomic mass is 16.5. The Kier molecular flexibility index (Phi) is 3.73. The van der Waals surface area contributed by atoms with Crippen molar-refractivity contribution >= 4 is 10.8 Å². The molecular weight excluding hydrogens is 238 g/mol. The first-order valence-corrected chi connectivity index (χ1v) is 6.80. The number of hydrogen-bond donors (Lipinski definition) is 2. The highest BCUT2D eigenvalue weighted by Gasteiger charge is 2.26. The number of rotatable bonds is 3. The fraction of sp³-hybridized carbons (Fsp3) is 0.400. The number of nitrogens with zero attached hydrogens (tertiary/aromatic N) is 1. The summed E-state index contributed by atoms with van der Waals surface area (Å²) in [5.74, 6) is 5.77. The van der Waals surface area contributed by atoms with Gasteiger partial charge in [-0.2, -0.15) is 0 Å². The number of pyridine rings is 1. The Labute approximate surface area is 112 Å². The zero-order valence-corrected chi connectivity index (χ0v) is 10.9. The maximum absolute atomic E-state index is 5.86. The van der Waals surface area contributed by atoms with Gasteiger partial charge in [-0.1, -0.05) is 24.3 Å². The second-order valence-corrected chi connectivity index (χ2v) is 5.00. The van der Waals surface area contributed by atoms with E-state index in [0.717, 1.165) is 30.4 Å². The van der Waals surface area contributed by atoms with Crippen molar-refractivity contribution in [3.05, 3.63) is 42.2 Å². The number of nitrogens with two attached hydrogens (primary N) is 1. The summed E-state index contributed by atoms with van der Waals surface area (Å²) in [6, 6.07) is 8.25. The fourth-order valence-electron chi connectivity index (χ4n) is 2.81. The van der Waals surface area contributed by atoms with Gasteiger partial charge in [-0.25, -0.2) is 0 Å². The lowest BCUT2D eigenvalue weighted by Gasteiger charge is -2.30. The molecule has 2 heterocycles. The van der Waals surface area contributed by atoms with E-state index in [9.17, 15) is 0 Å². The molecule has 2 aromatic rings. The monoisotopic (exact) mass is 257 g/mol. The number of fused-ring (bicyclic) bond motifs is 1. The van der Waals surface area contributed by atoms with E-state index in [2.05, 4.69) is 22.5 Å². The van der Waals surface area contributed by atoms with E-state index in [1.54, 1.807) is 0 Å². The van der Waals surface area contributed by atoms with Crippen LogP contribution in [0.25, 0.3) is 10.8 Å². The van der Waals surface area contributed by atoms with Crippen molar-refractivity contribution in [3.63, 3.8) is 0 Å². The van der Waals surface area contributed by atoms with Gasteiger partial charge in [0.25, 0.3) is 0 Å². The molecule has 19 heavy (non-hydrogen) atoms. The first kappa shape index (κ1) is 12.5. The van der Waals surface area contributed by atoms with Crippen LogP contribution < -0.4 is 11.3 Å². The third kappa shape index (κ3) is 2.47. The maximum atomic E-state index is 5.86. The SMILES string of the molecule is NNC(c1cncc2ccccc12)C1CCCCO1. The molecule has 4 nitrogen and oxygen atoms in total. The molecule has 1 aromatic heterocycles. The molecule has 3 N–H and O–H groups in total. The van der Waals surface area contributed by atoms with E-state index in [1.807, 2.05) is 24.5 Å². The molecule has 0 aliphatic carbocycles. The lowest BCUT2D eigenvalue weighted by molar-refractivity contribution is -0.00798. The van der Waals surface area contributed by atoms with Crippen LogP contribution in [0.5, 0.6) is 0 Å². The number of hydrogen-bond acceptors (Lipinski definition) is 4. The Bertz CT molecular complexity index is 547. The van der Waals surface area contributed by atoms with Crippen LogP contribution in [0.3, 0.4) is 0 Å². The molecule has 2 atom stereocenters. The van der Waals surface area contributed by atoms with Gasteiger partial charge in [-0.3, -0.25) is 16.3 Å². The van der Waals surface area contributed by atoms with E-state index in [-0.39, 0.29) is 12.1 Å². The Morgan fingerprint density at radius 1 is 1.26 bits per heavy atom. The van der Waals surface area contributed by atoms with Gasteiger partial charge >= 0.3 is 0 Å². The minimum absolute atomic E-state index is 0.00102. The molecular formula is C15H19N3O. The third-order valence-corrected chi connectivity index (χ3v) is 3.80. The Morgan fingerprint density at radius 2 is 2.16 bits per heavy atom. The van der Waals surface area contributed by atoms with Gasteiger partial charge < -0.3 is 4.74 Å². The van der Waals surface area contributed by atoms with Crippen LogP contribution in [0.15, 0.2) is 36.7 Å². The molecule has 0 bridgehead atoms. The molecule has 0 spiro atoms. The Balaban J connectivity index is 2.00. The number of aromatic nitrogens is 1. The minimum atomic E-state index is -0.00102. The lowest BCUT2D eigenvalue weighted by atomic mass is 9.94. The van der Waals surface area contributed by atoms with E-state index in [4.69, 9.17) is 10.6 Å². The van der Waals surface area contributed by atoms with Crippen molar-refractivity contribution in [1.82, 2.24) is 10.4 Å². The molecule has 1 aliphatic heterocycles. The highest BCUT2D eigenvalue weighted by Crippen LogP contribution is 2.30.